The maximum absolute atomic E-state index is 5.99. The zero-order valence-electron chi connectivity index (χ0n) is 11.2. The molecule has 0 aromatic heterocycles. The Balaban J connectivity index is 2.04. The Labute approximate surface area is 109 Å². The van der Waals surface area contributed by atoms with Crippen molar-refractivity contribution in [3.63, 3.8) is 0 Å². The summed E-state index contributed by atoms with van der Waals surface area (Å²) in [6.07, 6.45) is 2.33. The summed E-state index contributed by atoms with van der Waals surface area (Å²) < 4.78 is 10.6. The fourth-order valence-corrected chi connectivity index (χ4v) is 2.47. The molecular weight excluding hydrogens is 228 g/mol. The molecule has 1 aromatic rings. The molecule has 1 atom stereocenters. The Morgan fingerprint density at radius 1 is 1.28 bits per heavy atom. The van der Waals surface area contributed by atoms with E-state index in [2.05, 4.69) is 11.0 Å². The molecule has 100 valence electrons. The molecule has 0 spiro atoms. The molecule has 1 aliphatic rings. The van der Waals surface area contributed by atoms with Crippen molar-refractivity contribution in [1.29, 1.82) is 0 Å². The van der Waals surface area contributed by atoms with Crippen molar-refractivity contribution in [2.45, 2.75) is 25.4 Å². The molecule has 2 rings (SSSR count). The van der Waals surface area contributed by atoms with E-state index in [1.165, 1.54) is 12.0 Å². The van der Waals surface area contributed by atoms with E-state index in [4.69, 9.17) is 15.2 Å². The van der Waals surface area contributed by atoms with Crippen molar-refractivity contribution < 1.29 is 9.47 Å². The van der Waals surface area contributed by atoms with E-state index in [1.807, 2.05) is 12.1 Å². The minimum absolute atomic E-state index is 0.318. The van der Waals surface area contributed by atoms with E-state index in [0.29, 0.717) is 6.04 Å². The lowest BCUT2D eigenvalue weighted by atomic mass is 10.1. The maximum Gasteiger partial charge on any atom is 0.161 e. The predicted molar refractivity (Wildman–Crippen MR) is 72.0 cm³/mol. The van der Waals surface area contributed by atoms with Crippen LogP contribution in [0.4, 0.5) is 0 Å². The number of nitrogens with two attached hydrogens (primary N) is 1. The van der Waals surface area contributed by atoms with Crippen molar-refractivity contribution in [2.75, 3.05) is 27.3 Å². The number of benzene rings is 1. The first-order chi connectivity index (χ1) is 8.72. The van der Waals surface area contributed by atoms with E-state index >= 15 is 0 Å². The molecule has 0 radical (unpaired) electrons. The molecule has 4 nitrogen and oxygen atoms in total. The minimum atomic E-state index is 0.318. The SMILES string of the molecule is COc1ccc(CN2CCC[C@H](N)C2)cc1OC. The Kier molecular flexibility index (Phi) is 4.44. The molecule has 4 heteroatoms. The first-order valence-electron chi connectivity index (χ1n) is 6.41. The first kappa shape index (κ1) is 13.2. The number of ether oxygens (including phenoxy) is 2. The number of piperidine rings is 1. The standard InChI is InChI=1S/C14H22N2O2/c1-17-13-6-5-11(8-14(13)18-2)9-16-7-3-4-12(15)10-16/h5-6,8,12H,3-4,7,9-10,15H2,1-2H3/t12-/m0/s1. The molecule has 0 saturated carbocycles. The van der Waals surface area contributed by atoms with Gasteiger partial charge in [0.25, 0.3) is 0 Å². The van der Waals surface area contributed by atoms with Crippen LogP contribution in [0.1, 0.15) is 18.4 Å². The lowest BCUT2D eigenvalue weighted by molar-refractivity contribution is 0.201. The topological polar surface area (TPSA) is 47.7 Å². The maximum atomic E-state index is 5.99. The van der Waals surface area contributed by atoms with Crippen molar-refractivity contribution in [2.24, 2.45) is 5.73 Å². The van der Waals surface area contributed by atoms with Crippen molar-refractivity contribution >= 4 is 0 Å². The third kappa shape index (κ3) is 3.15. The molecule has 1 aromatic carbocycles. The molecule has 0 aliphatic carbocycles. The molecule has 1 fully saturated rings. The van der Waals surface area contributed by atoms with Crippen LogP contribution >= 0.6 is 0 Å². The van der Waals surface area contributed by atoms with Gasteiger partial charge in [-0.25, -0.2) is 0 Å². The highest BCUT2D eigenvalue weighted by Gasteiger charge is 2.17. The average molecular weight is 250 g/mol. The minimum Gasteiger partial charge on any atom is -0.493 e. The Morgan fingerprint density at radius 2 is 2.06 bits per heavy atom. The van der Waals surface area contributed by atoms with Crippen LogP contribution in [0.25, 0.3) is 0 Å². The molecule has 0 bridgehead atoms. The van der Waals surface area contributed by atoms with Crippen molar-refractivity contribution in [1.82, 2.24) is 4.90 Å². The van der Waals surface area contributed by atoms with E-state index < -0.39 is 0 Å². The van der Waals surface area contributed by atoms with Gasteiger partial charge in [0.1, 0.15) is 0 Å². The van der Waals surface area contributed by atoms with Gasteiger partial charge in [0.2, 0.25) is 0 Å². The molecule has 1 heterocycles. The zero-order chi connectivity index (χ0) is 13.0. The number of hydrogen-bond donors (Lipinski definition) is 1. The van der Waals surface area contributed by atoms with Crippen LogP contribution in [-0.4, -0.2) is 38.3 Å². The molecule has 1 aliphatic heterocycles. The van der Waals surface area contributed by atoms with Gasteiger partial charge in [0, 0.05) is 19.1 Å². The number of nitrogens with zero attached hydrogens (tertiary/aromatic N) is 1. The van der Waals surface area contributed by atoms with Gasteiger partial charge in [-0.15, -0.1) is 0 Å². The van der Waals surface area contributed by atoms with Gasteiger partial charge in [-0.3, -0.25) is 4.90 Å². The highest BCUT2D eigenvalue weighted by molar-refractivity contribution is 5.42. The normalized spacial score (nSPS) is 20.7. The summed E-state index contributed by atoms with van der Waals surface area (Å²) in [5, 5.41) is 0. The van der Waals surface area contributed by atoms with Gasteiger partial charge >= 0.3 is 0 Å². The summed E-state index contributed by atoms with van der Waals surface area (Å²) in [6.45, 7) is 3.03. The lowest BCUT2D eigenvalue weighted by Gasteiger charge is -2.30. The lowest BCUT2D eigenvalue weighted by Crippen LogP contribution is -2.42. The smallest absolute Gasteiger partial charge is 0.161 e. The van der Waals surface area contributed by atoms with E-state index in [0.717, 1.165) is 37.6 Å². The number of rotatable bonds is 4. The van der Waals surface area contributed by atoms with Gasteiger partial charge in [-0.05, 0) is 37.1 Å². The van der Waals surface area contributed by atoms with Crippen LogP contribution in [0.15, 0.2) is 18.2 Å². The van der Waals surface area contributed by atoms with Crippen LogP contribution in [-0.2, 0) is 6.54 Å². The summed E-state index contributed by atoms with van der Waals surface area (Å²) in [7, 11) is 3.32. The van der Waals surface area contributed by atoms with E-state index in [-0.39, 0.29) is 0 Å². The van der Waals surface area contributed by atoms with Crippen molar-refractivity contribution in [3.8, 4) is 11.5 Å². The zero-order valence-corrected chi connectivity index (χ0v) is 11.2. The molecule has 0 amide bonds. The van der Waals surface area contributed by atoms with Gasteiger partial charge in [0.15, 0.2) is 11.5 Å². The first-order valence-corrected chi connectivity index (χ1v) is 6.41. The number of likely N-dealkylation sites (tertiary alicyclic amines) is 1. The summed E-state index contributed by atoms with van der Waals surface area (Å²) in [4.78, 5) is 2.40. The van der Waals surface area contributed by atoms with Gasteiger partial charge in [-0.1, -0.05) is 6.07 Å². The van der Waals surface area contributed by atoms with Crippen LogP contribution in [0, 0.1) is 0 Å². The molecular formula is C14H22N2O2. The summed E-state index contributed by atoms with van der Waals surface area (Å²) in [5.74, 6) is 1.56. The van der Waals surface area contributed by atoms with Gasteiger partial charge < -0.3 is 15.2 Å². The van der Waals surface area contributed by atoms with Gasteiger partial charge in [-0.2, -0.15) is 0 Å². The van der Waals surface area contributed by atoms with Crippen LogP contribution in [0.2, 0.25) is 0 Å². The molecule has 1 saturated heterocycles. The van der Waals surface area contributed by atoms with E-state index in [9.17, 15) is 0 Å². The van der Waals surface area contributed by atoms with Crippen LogP contribution in [0.5, 0.6) is 11.5 Å². The second-order valence-electron chi connectivity index (χ2n) is 4.83. The largest absolute Gasteiger partial charge is 0.493 e. The molecule has 0 unspecified atom stereocenters. The third-order valence-electron chi connectivity index (χ3n) is 3.40. The fraction of sp³-hybridized carbons (Fsp3) is 0.571. The monoisotopic (exact) mass is 250 g/mol. The second-order valence-corrected chi connectivity index (χ2v) is 4.83. The Bertz CT molecular complexity index is 395. The summed E-state index contributed by atoms with van der Waals surface area (Å²) in [5.41, 5.74) is 7.23. The highest BCUT2D eigenvalue weighted by Crippen LogP contribution is 2.28. The fourth-order valence-electron chi connectivity index (χ4n) is 2.47. The van der Waals surface area contributed by atoms with Crippen molar-refractivity contribution in [3.05, 3.63) is 23.8 Å². The predicted octanol–water partition coefficient (Wildman–Crippen LogP) is 1.63. The Hall–Kier alpha value is -1.26. The second kappa shape index (κ2) is 6.07. The van der Waals surface area contributed by atoms with Crippen LogP contribution < -0.4 is 15.2 Å². The average Bonchev–Trinajstić information content (AvgIpc) is 2.38. The number of hydrogen-bond acceptors (Lipinski definition) is 4. The molecule has 2 N–H and O–H groups in total. The quantitative estimate of drug-likeness (QED) is 0.882. The summed E-state index contributed by atoms with van der Waals surface area (Å²) >= 11 is 0. The van der Waals surface area contributed by atoms with E-state index in [1.54, 1.807) is 14.2 Å². The van der Waals surface area contributed by atoms with Gasteiger partial charge in [0.05, 0.1) is 14.2 Å². The Morgan fingerprint density at radius 3 is 2.72 bits per heavy atom. The number of methoxy groups -OCH3 is 2. The summed E-state index contributed by atoms with van der Waals surface area (Å²) in [6, 6.07) is 6.40. The molecule has 18 heavy (non-hydrogen) atoms. The highest BCUT2D eigenvalue weighted by atomic mass is 16.5. The van der Waals surface area contributed by atoms with Crippen LogP contribution in [0.3, 0.4) is 0 Å². The third-order valence-corrected chi connectivity index (χ3v) is 3.40.